The van der Waals surface area contributed by atoms with Gasteiger partial charge in [-0.15, -0.1) is 0 Å². The number of carbonyl (C=O) groups excluding carboxylic acids is 1. The van der Waals surface area contributed by atoms with Gasteiger partial charge in [0.05, 0.1) is 7.11 Å². The van der Waals surface area contributed by atoms with Crippen molar-refractivity contribution in [2.24, 2.45) is 0 Å². The summed E-state index contributed by atoms with van der Waals surface area (Å²) in [6.07, 6.45) is 3.92. The third kappa shape index (κ3) is 4.20. The number of ether oxygens (including phenoxy) is 1. The Morgan fingerprint density at radius 1 is 1.07 bits per heavy atom. The van der Waals surface area contributed by atoms with Gasteiger partial charge in [0, 0.05) is 18.5 Å². The summed E-state index contributed by atoms with van der Waals surface area (Å²) in [5, 5.41) is 3.81. The number of hydrogen-bond donors (Lipinski definition) is 1. The number of rotatable bonds is 6. The first-order valence-electron chi connectivity index (χ1n) is 9.88. The van der Waals surface area contributed by atoms with Gasteiger partial charge in [-0.25, -0.2) is 0 Å². The lowest BCUT2D eigenvalue weighted by Crippen LogP contribution is -2.29. The van der Waals surface area contributed by atoms with Crippen molar-refractivity contribution in [3.8, 4) is 5.75 Å². The maximum atomic E-state index is 12.5. The summed E-state index contributed by atoms with van der Waals surface area (Å²) in [6.45, 7) is 3.80. The lowest BCUT2D eigenvalue weighted by atomic mass is 10.1. The fourth-order valence-corrected chi connectivity index (χ4v) is 3.79. The molecule has 1 aliphatic heterocycles. The van der Waals surface area contributed by atoms with Crippen molar-refractivity contribution >= 4 is 16.9 Å². The molecule has 0 spiro atoms. The van der Waals surface area contributed by atoms with Gasteiger partial charge in [-0.1, -0.05) is 42.8 Å². The molecule has 0 radical (unpaired) electrons. The van der Waals surface area contributed by atoms with Gasteiger partial charge in [0.1, 0.15) is 0 Å². The second-order valence-corrected chi connectivity index (χ2v) is 7.33. The van der Waals surface area contributed by atoms with Crippen LogP contribution in [0.5, 0.6) is 5.75 Å². The Morgan fingerprint density at radius 2 is 1.86 bits per heavy atom. The topological polar surface area (TPSA) is 54.7 Å². The number of benzene rings is 2. The zero-order valence-corrected chi connectivity index (χ0v) is 16.2. The molecular weight excluding hydrogens is 352 g/mol. The van der Waals surface area contributed by atoms with E-state index in [2.05, 4.69) is 28.4 Å². The van der Waals surface area contributed by atoms with Crippen molar-refractivity contribution < 1.29 is 13.9 Å². The molecule has 0 aliphatic carbocycles. The van der Waals surface area contributed by atoms with Crippen LogP contribution in [-0.2, 0) is 13.1 Å². The first-order chi connectivity index (χ1) is 13.7. The van der Waals surface area contributed by atoms with Gasteiger partial charge in [-0.2, -0.15) is 0 Å². The van der Waals surface area contributed by atoms with Crippen molar-refractivity contribution in [1.82, 2.24) is 10.2 Å². The maximum absolute atomic E-state index is 12.5. The third-order valence-corrected chi connectivity index (χ3v) is 5.25. The average molecular weight is 378 g/mol. The van der Waals surface area contributed by atoms with E-state index in [0.717, 1.165) is 17.5 Å². The fraction of sp³-hybridized carbons (Fsp3) is 0.348. The lowest BCUT2D eigenvalue weighted by Gasteiger charge is -2.26. The van der Waals surface area contributed by atoms with Crippen molar-refractivity contribution in [1.29, 1.82) is 0 Å². The number of nitrogens with one attached hydrogen (secondary N) is 1. The van der Waals surface area contributed by atoms with Crippen LogP contribution in [-0.4, -0.2) is 31.0 Å². The summed E-state index contributed by atoms with van der Waals surface area (Å²) in [5.74, 6) is 0.700. The number of nitrogens with zero attached hydrogens (tertiary/aromatic N) is 1. The number of fused-ring (bicyclic) bond motifs is 1. The van der Waals surface area contributed by atoms with Crippen LogP contribution in [0, 0.1) is 0 Å². The van der Waals surface area contributed by atoms with Gasteiger partial charge in [0.2, 0.25) is 0 Å². The van der Waals surface area contributed by atoms with Gasteiger partial charge in [0.25, 0.3) is 5.91 Å². The molecule has 1 aromatic heterocycles. The molecule has 1 saturated heterocycles. The van der Waals surface area contributed by atoms with E-state index in [9.17, 15) is 4.79 Å². The largest absolute Gasteiger partial charge is 0.493 e. The highest BCUT2D eigenvalue weighted by Gasteiger charge is 2.15. The Bertz CT molecular complexity index is 957. The summed E-state index contributed by atoms with van der Waals surface area (Å²) < 4.78 is 11.0. The van der Waals surface area contributed by atoms with E-state index >= 15 is 0 Å². The molecule has 146 valence electrons. The first kappa shape index (κ1) is 18.6. The molecule has 0 atom stereocenters. The van der Waals surface area contributed by atoms with Crippen LogP contribution in [0.2, 0.25) is 0 Å². The highest BCUT2D eigenvalue weighted by Crippen LogP contribution is 2.28. The van der Waals surface area contributed by atoms with Crippen molar-refractivity contribution in [3.63, 3.8) is 0 Å². The Labute approximate surface area is 165 Å². The van der Waals surface area contributed by atoms with E-state index in [-0.39, 0.29) is 5.91 Å². The molecule has 0 bridgehead atoms. The number of para-hydroxylation sites is 1. The summed E-state index contributed by atoms with van der Waals surface area (Å²) >= 11 is 0. The minimum atomic E-state index is -0.223. The smallest absolute Gasteiger partial charge is 0.287 e. The van der Waals surface area contributed by atoms with Gasteiger partial charge >= 0.3 is 0 Å². The zero-order chi connectivity index (χ0) is 19.3. The number of piperidine rings is 1. The first-order valence-corrected chi connectivity index (χ1v) is 9.88. The number of likely N-dealkylation sites (tertiary alicyclic amines) is 1. The van der Waals surface area contributed by atoms with Crippen LogP contribution in [0.15, 0.2) is 52.9 Å². The average Bonchev–Trinajstić information content (AvgIpc) is 3.17. The third-order valence-electron chi connectivity index (χ3n) is 5.25. The number of hydrogen-bond acceptors (Lipinski definition) is 4. The standard InChI is InChI=1S/C23H26N2O3/c1-27-20-10-6-9-19-14-21(28-22(19)20)23(26)24-15-17-7-5-8-18(13-17)16-25-11-3-2-4-12-25/h5-10,13-14H,2-4,11-12,15-16H2,1H3,(H,24,26). The van der Waals surface area contributed by atoms with Crippen molar-refractivity contribution in [3.05, 3.63) is 65.4 Å². The summed E-state index contributed by atoms with van der Waals surface area (Å²) in [4.78, 5) is 15.0. The van der Waals surface area contributed by atoms with Gasteiger partial charge < -0.3 is 14.5 Å². The second-order valence-electron chi connectivity index (χ2n) is 7.33. The number of amides is 1. The molecule has 1 N–H and O–H groups in total. The molecular formula is C23H26N2O3. The minimum Gasteiger partial charge on any atom is -0.493 e. The van der Waals surface area contributed by atoms with Crippen LogP contribution in [0.25, 0.3) is 11.0 Å². The van der Waals surface area contributed by atoms with Crippen LogP contribution in [0.1, 0.15) is 40.9 Å². The monoisotopic (exact) mass is 378 g/mol. The molecule has 28 heavy (non-hydrogen) atoms. The van der Waals surface area contributed by atoms with Gasteiger partial charge in [-0.3, -0.25) is 9.69 Å². The van der Waals surface area contributed by atoms with E-state index in [1.807, 2.05) is 24.3 Å². The van der Waals surface area contributed by atoms with Gasteiger partial charge in [0.15, 0.2) is 17.1 Å². The van der Waals surface area contributed by atoms with Crippen LogP contribution in [0.3, 0.4) is 0 Å². The van der Waals surface area contributed by atoms with E-state index in [4.69, 9.17) is 9.15 Å². The highest BCUT2D eigenvalue weighted by molar-refractivity contribution is 5.97. The molecule has 2 heterocycles. The predicted molar refractivity (Wildman–Crippen MR) is 110 cm³/mol. The molecule has 5 heteroatoms. The quantitative estimate of drug-likeness (QED) is 0.693. The number of methoxy groups -OCH3 is 1. The molecule has 1 fully saturated rings. The molecule has 1 aliphatic rings. The Balaban J connectivity index is 1.40. The lowest BCUT2D eigenvalue weighted by molar-refractivity contribution is 0.0925. The molecule has 3 aromatic rings. The fourth-order valence-electron chi connectivity index (χ4n) is 3.79. The Hall–Kier alpha value is -2.79. The van der Waals surface area contributed by atoms with Crippen LogP contribution < -0.4 is 10.1 Å². The summed E-state index contributed by atoms with van der Waals surface area (Å²) in [6, 6.07) is 15.8. The van der Waals surface area contributed by atoms with E-state index in [1.165, 1.54) is 37.9 Å². The second kappa shape index (κ2) is 8.48. The molecule has 5 nitrogen and oxygen atoms in total. The molecule has 0 unspecified atom stereocenters. The Morgan fingerprint density at radius 3 is 2.68 bits per heavy atom. The SMILES string of the molecule is COc1cccc2cc(C(=O)NCc3cccc(CN4CCCCC4)c3)oc12. The van der Waals surface area contributed by atoms with Crippen molar-refractivity contribution in [2.45, 2.75) is 32.4 Å². The van der Waals surface area contributed by atoms with Crippen LogP contribution in [0.4, 0.5) is 0 Å². The van der Waals surface area contributed by atoms with E-state index in [0.29, 0.717) is 23.6 Å². The zero-order valence-electron chi connectivity index (χ0n) is 16.2. The van der Waals surface area contributed by atoms with E-state index in [1.54, 1.807) is 13.2 Å². The van der Waals surface area contributed by atoms with E-state index < -0.39 is 0 Å². The molecule has 4 rings (SSSR count). The summed E-state index contributed by atoms with van der Waals surface area (Å²) in [7, 11) is 1.59. The maximum Gasteiger partial charge on any atom is 0.287 e. The minimum absolute atomic E-state index is 0.223. The number of carbonyl (C=O) groups is 1. The van der Waals surface area contributed by atoms with Crippen molar-refractivity contribution in [2.75, 3.05) is 20.2 Å². The normalized spacial score (nSPS) is 14.9. The molecule has 2 aromatic carbocycles. The Kier molecular flexibility index (Phi) is 5.63. The summed E-state index contributed by atoms with van der Waals surface area (Å²) in [5.41, 5.74) is 2.98. The van der Waals surface area contributed by atoms with Crippen LogP contribution >= 0.6 is 0 Å². The highest BCUT2D eigenvalue weighted by atomic mass is 16.5. The van der Waals surface area contributed by atoms with Gasteiger partial charge in [-0.05, 0) is 49.2 Å². The molecule has 0 saturated carbocycles. The predicted octanol–water partition coefficient (Wildman–Crippen LogP) is 4.36. The molecule has 1 amide bonds. The number of furan rings is 1.